The van der Waals surface area contributed by atoms with E-state index < -0.39 is 85.9 Å². The molecular formula is C24H21N8Na3O12S3. The van der Waals surface area contributed by atoms with E-state index in [4.69, 9.17) is 0 Å². The van der Waals surface area contributed by atoms with Gasteiger partial charge in [-0.1, -0.05) is 6.07 Å². The molecule has 4 aromatic rings. The second-order valence-corrected chi connectivity index (χ2v) is 13.6. The number of H-pyrrole nitrogens is 1. The maximum Gasteiger partial charge on any atom is 1.00 e. The Bertz CT molecular complexity index is 2390. The van der Waals surface area contributed by atoms with Crippen molar-refractivity contribution in [2.45, 2.75) is 35.9 Å². The molecule has 0 amide bonds. The van der Waals surface area contributed by atoms with Crippen molar-refractivity contribution in [1.82, 2.24) is 19.5 Å². The summed E-state index contributed by atoms with van der Waals surface area (Å²) < 4.78 is 105. The Labute approximate surface area is 350 Å². The number of hydrogen-bond donors (Lipinski definition) is 4. The van der Waals surface area contributed by atoms with Gasteiger partial charge in [-0.15, -0.1) is 10.2 Å². The van der Waals surface area contributed by atoms with Gasteiger partial charge in [0.2, 0.25) is 11.9 Å². The fourth-order valence-corrected chi connectivity index (χ4v) is 5.91. The number of aromatic hydroxyl groups is 1. The van der Waals surface area contributed by atoms with Crippen LogP contribution < -0.4 is 111 Å². The van der Waals surface area contributed by atoms with Gasteiger partial charge in [-0.2, -0.15) is 9.97 Å². The van der Waals surface area contributed by atoms with Gasteiger partial charge in [0.15, 0.2) is 11.6 Å². The van der Waals surface area contributed by atoms with E-state index in [9.17, 15) is 53.6 Å². The molecule has 0 bridgehead atoms. The molecule has 2 heterocycles. The van der Waals surface area contributed by atoms with Gasteiger partial charge >= 0.3 is 94.4 Å². The van der Waals surface area contributed by atoms with Gasteiger partial charge < -0.3 is 29.4 Å². The topological polar surface area (TPSA) is 321 Å². The molecule has 50 heavy (non-hydrogen) atoms. The van der Waals surface area contributed by atoms with Gasteiger partial charge in [-0.05, 0) is 55.8 Å². The molecule has 0 saturated heterocycles. The van der Waals surface area contributed by atoms with E-state index in [0.29, 0.717) is 4.57 Å². The van der Waals surface area contributed by atoms with E-state index >= 15 is 0 Å². The second kappa shape index (κ2) is 18.1. The first-order valence-corrected chi connectivity index (χ1v) is 17.1. The molecule has 0 fully saturated rings. The molecule has 0 unspecified atom stereocenters. The van der Waals surface area contributed by atoms with Crippen LogP contribution in [-0.4, -0.2) is 63.5 Å². The van der Waals surface area contributed by atoms with Crippen molar-refractivity contribution < 1.29 is 133 Å². The fraction of sp³-hybridized carbons (Fsp3) is 0.167. The zero-order valence-corrected chi connectivity index (χ0v) is 35.3. The molecule has 0 aliphatic carbocycles. The van der Waals surface area contributed by atoms with Gasteiger partial charge in [-0.25, -0.2) is 30.0 Å². The smallest absolute Gasteiger partial charge is 0.748 e. The summed E-state index contributed by atoms with van der Waals surface area (Å²) in [6.07, 6.45) is 0. The van der Waals surface area contributed by atoms with Crippen LogP contribution in [0.1, 0.15) is 18.1 Å². The molecule has 0 aliphatic heterocycles. The molecular weight excluding hydrogens is 757 g/mol. The number of rotatable bonds is 11. The minimum atomic E-state index is -5.20. The molecule has 0 saturated carbocycles. The Hall–Kier alpha value is -2.07. The Morgan fingerprint density at radius 1 is 0.880 bits per heavy atom. The summed E-state index contributed by atoms with van der Waals surface area (Å²) in [5.41, 5.74) is -3.84. The van der Waals surface area contributed by atoms with E-state index in [1.165, 1.54) is 26.0 Å². The van der Waals surface area contributed by atoms with Crippen molar-refractivity contribution in [3.8, 4) is 5.88 Å². The molecule has 4 N–H and O–H groups in total. The van der Waals surface area contributed by atoms with Crippen LogP contribution in [0.3, 0.4) is 0 Å². The normalized spacial score (nSPS) is 11.6. The first-order chi connectivity index (χ1) is 21.8. The summed E-state index contributed by atoms with van der Waals surface area (Å²) in [5, 5.41) is 23.0. The molecule has 2 aromatic heterocycles. The summed E-state index contributed by atoms with van der Waals surface area (Å²) >= 11 is 0. The van der Waals surface area contributed by atoms with Crippen molar-refractivity contribution in [3.63, 3.8) is 0 Å². The Morgan fingerprint density at radius 3 is 2.10 bits per heavy atom. The van der Waals surface area contributed by atoms with Crippen LogP contribution in [0.4, 0.5) is 34.6 Å². The Balaban J connectivity index is 0.00000417. The molecule has 0 atom stereocenters. The number of aromatic nitrogens is 4. The van der Waals surface area contributed by atoms with E-state index in [1.54, 1.807) is 0 Å². The summed E-state index contributed by atoms with van der Waals surface area (Å²) in [6, 6.07) is 7.55. The predicted octanol–water partition coefficient (Wildman–Crippen LogP) is -7.87. The Morgan fingerprint density at radius 2 is 1.52 bits per heavy atom. The van der Waals surface area contributed by atoms with Gasteiger partial charge in [0.1, 0.15) is 25.9 Å². The van der Waals surface area contributed by atoms with E-state index in [1.807, 2.05) is 0 Å². The van der Waals surface area contributed by atoms with Crippen LogP contribution in [0.5, 0.6) is 5.88 Å². The summed E-state index contributed by atoms with van der Waals surface area (Å²) in [5.74, 6) is -2.66. The number of nitrogens with one attached hydrogen (secondary N) is 3. The van der Waals surface area contributed by atoms with Crippen LogP contribution in [0.2, 0.25) is 0 Å². The number of pyridine rings is 1. The summed E-state index contributed by atoms with van der Waals surface area (Å²) in [6.45, 7) is 2.41. The maximum absolute atomic E-state index is 13.0. The number of nitrogens with zero attached hydrogens (tertiary/aromatic N) is 5. The zero-order chi connectivity index (χ0) is 34.9. The largest absolute Gasteiger partial charge is 1.00 e. The molecule has 26 heteroatoms. The third-order valence-electron chi connectivity index (χ3n) is 6.20. The Kier molecular flexibility index (Phi) is 16.6. The number of aromatic amines is 1. The van der Waals surface area contributed by atoms with Crippen molar-refractivity contribution in [2.24, 2.45) is 10.2 Å². The van der Waals surface area contributed by atoms with Crippen LogP contribution >= 0.6 is 0 Å². The molecule has 250 valence electrons. The van der Waals surface area contributed by atoms with Gasteiger partial charge in [-0.3, -0.25) is 14.3 Å². The zero-order valence-electron chi connectivity index (χ0n) is 26.9. The number of benzene rings is 2. The summed E-state index contributed by atoms with van der Waals surface area (Å²) in [7, 11) is -14.9. The molecule has 2 aromatic carbocycles. The van der Waals surface area contributed by atoms with Crippen molar-refractivity contribution in [1.29, 1.82) is 0 Å². The monoisotopic (exact) mass is 778 g/mol. The van der Waals surface area contributed by atoms with E-state index in [0.717, 1.165) is 30.3 Å². The molecule has 4 rings (SSSR count). The summed E-state index contributed by atoms with van der Waals surface area (Å²) in [4.78, 5) is 33.6. The average molecular weight is 779 g/mol. The van der Waals surface area contributed by atoms with Crippen molar-refractivity contribution >= 4 is 65.0 Å². The number of hydrogen-bond acceptors (Lipinski definition) is 18. The predicted molar refractivity (Wildman–Crippen MR) is 158 cm³/mol. The molecule has 0 spiro atoms. The van der Waals surface area contributed by atoms with Crippen molar-refractivity contribution in [2.75, 3.05) is 10.6 Å². The molecule has 20 nitrogen and oxygen atoms in total. The minimum Gasteiger partial charge on any atom is -0.748 e. The quantitative estimate of drug-likeness (QED) is 0.0624. The van der Waals surface area contributed by atoms with Crippen LogP contribution in [0.25, 0.3) is 0 Å². The third-order valence-corrected chi connectivity index (χ3v) is 8.55. The van der Waals surface area contributed by atoms with Gasteiger partial charge in [0, 0.05) is 23.5 Å². The molecule has 0 radical (unpaired) electrons. The molecule has 0 aliphatic rings. The first-order valence-electron chi connectivity index (χ1n) is 12.8. The van der Waals surface area contributed by atoms with Gasteiger partial charge in [0.25, 0.3) is 5.56 Å². The minimum absolute atomic E-state index is 0. The van der Waals surface area contributed by atoms with E-state index in [2.05, 4.69) is 35.8 Å². The maximum atomic E-state index is 13.0. The average Bonchev–Trinajstić information content (AvgIpc) is 2.94. The third kappa shape index (κ3) is 11.7. The standard InChI is InChI=1S/C24H24N8O12S3.3Na/c1-3-32-20(33)16(11-45(36,37)38)12(2)19(21(32)34)31-30-17-10-14(7-8-18(17)47(42,43)44)26-23-27-22(28-24(35)29-23)25-13-5-4-6-15(9-13)46(39,40)41;;;/h4-10,33H,3,11H2,1-2H3,(H,36,37,38)(H,39,40,41)(H,42,43,44)(H3,25,26,27,28,29,35);;;/q;3*+1/p-3. The van der Waals surface area contributed by atoms with Gasteiger partial charge in [0.05, 0.1) is 25.7 Å². The van der Waals surface area contributed by atoms with Crippen LogP contribution in [0.15, 0.2) is 72.1 Å². The van der Waals surface area contributed by atoms with Crippen molar-refractivity contribution in [3.05, 3.63) is 74.4 Å². The number of anilines is 4. The number of azo groups is 1. The SMILES string of the molecule is CCn1c(O)c(CS(=O)(=O)[O-])c(C)c(N=Nc2cc(Nc3nc(Nc4cccc(S(=O)(=O)[O-])c4)[nH]c(=O)n3)ccc2S(=O)(=O)[O-])c1=O.[Na+].[Na+].[Na+]. The van der Waals surface area contributed by atoms with Crippen LogP contribution in [0, 0.1) is 6.92 Å². The second-order valence-electron chi connectivity index (χ2n) is 9.42. The van der Waals surface area contributed by atoms with Crippen LogP contribution in [-0.2, 0) is 42.7 Å². The first kappa shape index (κ1) is 46.0. The fourth-order valence-electron chi connectivity index (χ4n) is 4.10. The van der Waals surface area contributed by atoms with E-state index in [-0.39, 0.29) is 118 Å².